The molecule has 104 valence electrons. The van der Waals surface area contributed by atoms with Crippen molar-refractivity contribution >= 4 is 6.29 Å². The third kappa shape index (κ3) is 2.66. The summed E-state index contributed by atoms with van der Waals surface area (Å²) in [5.74, 6) is 0.349. The van der Waals surface area contributed by atoms with E-state index in [-0.39, 0.29) is 0 Å². The minimum Gasteiger partial charge on any atom is -0.495 e. The summed E-state index contributed by atoms with van der Waals surface area (Å²) in [5, 5.41) is 0. The monoisotopic (exact) mass is 280 g/mol. The molecule has 0 saturated carbocycles. The van der Waals surface area contributed by atoms with Crippen molar-refractivity contribution in [2.75, 3.05) is 7.11 Å². The molecule has 2 aromatic rings. The second-order valence-electron chi connectivity index (χ2n) is 4.12. The summed E-state index contributed by atoms with van der Waals surface area (Å²) >= 11 is 0. The van der Waals surface area contributed by atoms with Crippen LogP contribution in [0.1, 0.15) is 15.9 Å². The van der Waals surface area contributed by atoms with E-state index in [4.69, 9.17) is 4.74 Å². The van der Waals surface area contributed by atoms with Gasteiger partial charge in [-0.3, -0.25) is 4.79 Å². The molecule has 0 radical (unpaired) electrons. The standard InChI is InChI=1S/C15H11F3O2/c1-20-14-11(9-19)3-2-4-13(14)10-5-7-12(8-6-10)15(16,17)18/h2-9H,1H3. The summed E-state index contributed by atoms with van der Waals surface area (Å²) < 4.78 is 42.7. The lowest BCUT2D eigenvalue weighted by Crippen LogP contribution is -2.04. The van der Waals surface area contributed by atoms with Crippen LogP contribution in [0.5, 0.6) is 5.75 Å². The van der Waals surface area contributed by atoms with Gasteiger partial charge in [0, 0.05) is 5.56 Å². The third-order valence-corrected chi connectivity index (χ3v) is 2.90. The fraction of sp³-hybridized carbons (Fsp3) is 0.133. The molecule has 0 fully saturated rings. The zero-order valence-corrected chi connectivity index (χ0v) is 10.6. The van der Waals surface area contributed by atoms with E-state index >= 15 is 0 Å². The van der Waals surface area contributed by atoms with Gasteiger partial charge in [0.05, 0.1) is 18.2 Å². The summed E-state index contributed by atoms with van der Waals surface area (Å²) in [5.41, 5.74) is 0.765. The van der Waals surface area contributed by atoms with Crippen LogP contribution in [0.4, 0.5) is 13.2 Å². The van der Waals surface area contributed by atoms with Crippen molar-refractivity contribution in [3.8, 4) is 16.9 Å². The van der Waals surface area contributed by atoms with E-state index in [1.165, 1.54) is 19.2 Å². The highest BCUT2D eigenvalue weighted by molar-refractivity contribution is 5.86. The lowest BCUT2D eigenvalue weighted by atomic mass is 10.0. The predicted molar refractivity (Wildman–Crippen MR) is 68.8 cm³/mol. The fourth-order valence-electron chi connectivity index (χ4n) is 1.94. The van der Waals surface area contributed by atoms with Crippen LogP contribution in [0.3, 0.4) is 0 Å². The number of halogens is 3. The van der Waals surface area contributed by atoms with Gasteiger partial charge in [0.15, 0.2) is 6.29 Å². The maximum absolute atomic E-state index is 12.5. The average molecular weight is 280 g/mol. The van der Waals surface area contributed by atoms with E-state index < -0.39 is 11.7 Å². The molecule has 0 aliphatic rings. The van der Waals surface area contributed by atoms with Gasteiger partial charge in [0.25, 0.3) is 0 Å². The summed E-state index contributed by atoms with van der Waals surface area (Å²) in [7, 11) is 1.41. The summed E-state index contributed by atoms with van der Waals surface area (Å²) in [6.07, 6.45) is -3.72. The van der Waals surface area contributed by atoms with Gasteiger partial charge in [-0.2, -0.15) is 13.2 Å². The van der Waals surface area contributed by atoms with Crippen molar-refractivity contribution in [3.05, 3.63) is 53.6 Å². The van der Waals surface area contributed by atoms with Crippen molar-refractivity contribution in [3.63, 3.8) is 0 Å². The van der Waals surface area contributed by atoms with Gasteiger partial charge in [0.1, 0.15) is 5.75 Å². The molecule has 0 atom stereocenters. The van der Waals surface area contributed by atoms with E-state index in [2.05, 4.69) is 0 Å². The summed E-state index contributed by atoms with van der Waals surface area (Å²) in [6.45, 7) is 0. The topological polar surface area (TPSA) is 26.3 Å². The minimum absolute atomic E-state index is 0.349. The Morgan fingerprint density at radius 2 is 1.70 bits per heavy atom. The Bertz CT molecular complexity index is 616. The second-order valence-corrected chi connectivity index (χ2v) is 4.12. The van der Waals surface area contributed by atoms with Gasteiger partial charge in [-0.1, -0.05) is 24.3 Å². The van der Waals surface area contributed by atoms with Crippen LogP contribution in [0.25, 0.3) is 11.1 Å². The normalized spacial score (nSPS) is 11.2. The van der Waals surface area contributed by atoms with E-state index in [1.54, 1.807) is 18.2 Å². The highest BCUT2D eigenvalue weighted by Gasteiger charge is 2.30. The number of carbonyl (C=O) groups is 1. The SMILES string of the molecule is COc1c(C=O)cccc1-c1ccc(C(F)(F)F)cc1. The number of ether oxygens (including phenoxy) is 1. The number of hydrogen-bond acceptors (Lipinski definition) is 2. The molecule has 2 nitrogen and oxygen atoms in total. The minimum atomic E-state index is -4.37. The number of rotatable bonds is 3. The number of alkyl halides is 3. The van der Waals surface area contributed by atoms with Crippen LogP contribution in [0, 0.1) is 0 Å². The second kappa shape index (κ2) is 5.36. The van der Waals surface area contributed by atoms with E-state index in [0.29, 0.717) is 28.7 Å². The summed E-state index contributed by atoms with van der Waals surface area (Å²) in [6, 6.07) is 9.64. The van der Waals surface area contributed by atoms with E-state index in [0.717, 1.165) is 12.1 Å². The van der Waals surface area contributed by atoms with Crippen molar-refractivity contribution in [2.24, 2.45) is 0 Å². The maximum atomic E-state index is 12.5. The number of methoxy groups -OCH3 is 1. The summed E-state index contributed by atoms with van der Waals surface area (Å²) in [4.78, 5) is 10.9. The molecule has 0 N–H and O–H groups in total. The molecule has 0 heterocycles. The maximum Gasteiger partial charge on any atom is 0.416 e. The predicted octanol–water partition coefficient (Wildman–Crippen LogP) is 4.19. The molecule has 0 saturated heterocycles. The quantitative estimate of drug-likeness (QED) is 0.788. The molecule has 0 unspecified atom stereocenters. The van der Waals surface area contributed by atoms with Crippen molar-refractivity contribution in [1.29, 1.82) is 0 Å². The van der Waals surface area contributed by atoms with Crippen LogP contribution in [-0.4, -0.2) is 13.4 Å². The van der Waals surface area contributed by atoms with Crippen LogP contribution >= 0.6 is 0 Å². The molecule has 0 amide bonds. The van der Waals surface area contributed by atoms with Gasteiger partial charge in [-0.15, -0.1) is 0 Å². The first kappa shape index (κ1) is 14.1. The molecule has 0 spiro atoms. The Kier molecular flexibility index (Phi) is 3.79. The zero-order chi connectivity index (χ0) is 14.8. The molecule has 0 aliphatic heterocycles. The number of para-hydroxylation sites is 1. The van der Waals surface area contributed by atoms with Crippen LogP contribution in [0.2, 0.25) is 0 Å². The van der Waals surface area contributed by atoms with Gasteiger partial charge in [-0.05, 0) is 23.8 Å². The molecule has 2 rings (SSSR count). The Balaban J connectivity index is 2.49. The van der Waals surface area contributed by atoms with Gasteiger partial charge in [0.2, 0.25) is 0 Å². The third-order valence-electron chi connectivity index (χ3n) is 2.90. The highest BCUT2D eigenvalue weighted by atomic mass is 19.4. The molecule has 0 aromatic heterocycles. The smallest absolute Gasteiger partial charge is 0.416 e. The Morgan fingerprint density at radius 3 is 2.20 bits per heavy atom. The molecule has 5 heteroatoms. The van der Waals surface area contributed by atoms with Crippen molar-refractivity contribution in [2.45, 2.75) is 6.18 Å². The molecule has 2 aromatic carbocycles. The van der Waals surface area contributed by atoms with Crippen LogP contribution < -0.4 is 4.74 Å². The van der Waals surface area contributed by atoms with Crippen molar-refractivity contribution < 1.29 is 22.7 Å². The molecule has 20 heavy (non-hydrogen) atoms. The molecule has 0 aliphatic carbocycles. The number of hydrogen-bond donors (Lipinski definition) is 0. The lowest BCUT2D eigenvalue weighted by Gasteiger charge is -2.12. The first-order valence-corrected chi connectivity index (χ1v) is 5.77. The van der Waals surface area contributed by atoms with Crippen LogP contribution in [0.15, 0.2) is 42.5 Å². The Labute approximate surface area is 113 Å². The lowest BCUT2D eigenvalue weighted by molar-refractivity contribution is -0.137. The van der Waals surface area contributed by atoms with Crippen LogP contribution in [-0.2, 0) is 6.18 Å². The Morgan fingerprint density at radius 1 is 1.05 bits per heavy atom. The van der Waals surface area contributed by atoms with Gasteiger partial charge < -0.3 is 4.74 Å². The largest absolute Gasteiger partial charge is 0.495 e. The molecule has 0 bridgehead atoms. The van der Waals surface area contributed by atoms with E-state index in [9.17, 15) is 18.0 Å². The first-order valence-electron chi connectivity index (χ1n) is 5.77. The van der Waals surface area contributed by atoms with Gasteiger partial charge >= 0.3 is 6.18 Å². The first-order chi connectivity index (χ1) is 9.47. The Hall–Kier alpha value is -2.30. The van der Waals surface area contributed by atoms with Gasteiger partial charge in [-0.25, -0.2) is 0 Å². The average Bonchev–Trinajstić information content (AvgIpc) is 2.45. The fourth-order valence-corrected chi connectivity index (χ4v) is 1.94. The zero-order valence-electron chi connectivity index (χ0n) is 10.6. The number of benzene rings is 2. The van der Waals surface area contributed by atoms with Crippen molar-refractivity contribution in [1.82, 2.24) is 0 Å². The number of aldehydes is 1. The highest BCUT2D eigenvalue weighted by Crippen LogP contribution is 2.35. The number of carbonyl (C=O) groups excluding carboxylic acids is 1. The molecular formula is C15H11F3O2. The molecular weight excluding hydrogens is 269 g/mol. The van der Waals surface area contributed by atoms with E-state index in [1.807, 2.05) is 0 Å².